The Hall–Kier alpha value is -3.72. The van der Waals surface area contributed by atoms with Gasteiger partial charge in [0, 0.05) is 34.7 Å². The first-order valence-electron chi connectivity index (χ1n) is 11.1. The summed E-state index contributed by atoms with van der Waals surface area (Å²) in [4.78, 5) is 22.6. The highest BCUT2D eigenvalue weighted by atomic mass is 32.1. The van der Waals surface area contributed by atoms with Crippen molar-refractivity contribution in [2.24, 2.45) is 0 Å². The molecule has 0 aliphatic rings. The Labute approximate surface area is 207 Å². The van der Waals surface area contributed by atoms with Crippen LogP contribution in [-0.4, -0.2) is 30.1 Å². The van der Waals surface area contributed by atoms with Gasteiger partial charge in [0.15, 0.2) is 11.5 Å². The standard InChI is InChI=1S/C26H27FN4O3S/c1-14(29-26-20-11-22(33-4)23(34-5)12-21(20)30-15(2)31-26)24-8-9-25(35-24)19-7-6-18(27)10-17(19)13-28-16(3)32/h6-12,14H,13H2,1-5H3,(H,28,32)(H,29,30,31). The van der Waals surface area contributed by atoms with E-state index in [9.17, 15) is 9.18 Å². The van der Waals surface area contributed by atoms with E-state index in [1.807, 2.05) is 31.2 Å². The van der Waals surface area contributed by atoms with Crippen molar-refractivity contribution in [1.82, 2.24) is 15.3 Å². The van der Waals surface area contributed by atoms with Crippen LogP contribution in [0, 0.1) is 12.7 Å². The molecule has 0 aliphatic carbocycles. The summed E-state index contributed by atoms with van der Waals surface area (Å²) in [7, 11) is 3.19. The normalized spacial score (nSPS) is 11.8. The molecule has 2 aromatic heterocycles. The number of anilines is 1. The van der Waals surface area contributed by atoms with Gasteiger partial charge in [-0.05, 0) is 55.3 Å². The van der Waals surface area contributed by atoms with E-state index in [0.29, 0.717) is 23.1 Å². The Bertz CT molecular complexity index is 1390. The molecule has 0 saturated carbocycles. The van der Waals surface area contributed by atoms with Gasteiger partial charge in [-0.1, -0.05) is 6.07 Å². The van der Waals surface area contributed by atoms with E-state index in [2.05, 4.69) is 27.5 Å². The molecule has 0 spiro atoms. The van der Waals surface area contributed by atoms with Crippen LogP contribution in [0.5, 0.6) is 11.5 Å². The quantitative estimate of drug-likeness (QED) is 0.330. The minimum Gasteiger partial charge on any atom is -0.493 e. The van der Waals surface area contributed by atoms with Crippen LogP contribution in [-0.2, 0) is 11.3 Å². The Morgan fingerprint density at radius 1 is 1.09 bits per heavy atom. The molecule has 35 heavy (non-hydrogen) atoms. The molecule has 7 nitrogen and oxygen atoms in total. The van der Waals surface area contributed by atoms with Crippen molar-refractivity contribution in [2.75, 3.05) is 19.5 Å². The first-order valence-corrected chi connectivity index (χ1v) is 11.9. The number of methoxy groups -OCH3 is 2. The number of amides is 1. The molecule has 1 atom stereocenters. The summed E-state index contributed by atoms with van der Waals surface area (Å²) < 4.78 is 24.8. The minimum absolute atomic E-state index is 0.0569. The van der Waals surface area contributed by atoms with Crippen molar-refractivity contribution in [2.45, 2.75) is 33.4 Å². The highest BCUT2D eigenvalue weighted by molar-refractivity contribution is 7.15. The number of hydrogen-bond acceptors (Lipinski definition) is 7. The van der Waals surface area contributed by atoms with E-state index in [0.717, 1.165) is 31.8 Å². The largest absolute Gasteiger partial charge is 0.493 e. The van der Waals surface area contributed by atoms with Gasteiger partial charge in [0.05, 0.1) is 25.8 Å². The number of nitrogens with zero attached hydrogens (tertiary/aromatic N) is 2. The average molecular weight is 495 g/mol. The van der Waals surface area contributed by atoms with E-state index < -0.39 is 0 Å². The molecule has 0 saturated heterocycles. The monoisotopic (exact) mass is 494 g/mol. The van der Waals surface area contributed by atoms with E-state index in [1.54, 1.807) is 31.6 Å². The fraction of sp³-hybridized carbons (Fsp3) is 0.269. The number of hydrogen-bond donors (Lipinski definition) is 2. The zero-order chi connectivity index (χ0) is 25.1. The van der Waals surface area contributed by atoms with Crippen LogP contribution in [0.25, 0.3) is 21.3 Å². The molecule has 2 aromatic carbocycles. The van der Waals surface area contributed by atoms with Gasteiger partial charge in [-0.3, -0.25) is 4.79 Å². The van der Waals surface area contributed by atoms with Crippen molar-refractivity contribution in [3.63, 3.8) is 0 Å². The SMILES string of the molecule is COc1cc2nc(C)nc(NC(C)c3ccc(-c4ccc(F)cc4CNC(C)=O)s3)c2cc1OC. The molecular weight excluding hydrogens is 467 g/mol. The Morgan fingerprint density at radius 3 is 2.54 bits per heavy atom. The molecule has 4 aromatic rings. The van der Waals surface area contributed by atoms with Crippen molar-refractivity contribution >= 4 is 34.0 Å². The molecular formula is C26H27FN4O3S. The molecule has 0 fully saturated rings. The second-order valence-electron chi connectivity index (χ2n) is 8.12. The van der Waals surface area contributed by atoms with Gasteiger partial charge in [-0.15, -0.1) is 11.3 Å². The maximum Gasteiger partial charge on any atom is 0.217 e. The highest BCUT2D eigenvalue weighted by Crippen LogP contribution is 2.37. The molecule has 0 radical (unpaired) electrons. The average Bonchev–Trinajstić information content (AvgIpc) is 3.32. The summed E-state index contributed by atoms with van der Waals surface area (Å²) in [5.74, 6) is 2.05. The lowest BCUT2D eigenvalue weighted by atomic mass is 10.1. The van der Waals surface area contributed by atoms with Crippen LogP contribution < -0.4 is 20.1 Å². The van der Waals surface area contributed by atoms with Gasteiger partial charge in [-0.25, -0.2) is 14.4 Å². The number of thiophene rings is 1. The first-order chi connectivity index (χ1) is 16.8. The molecule has 0 aliphatic heterocycles. The number of aryl methyl sites for hydroxylation is 1. The van der Waals surface area contributed by atoms with E-state index in [-0.39, 0.29) is 24.3 Å². The second-order valence-corrected chi connectivity index (χ2v) is 9.24. The summed E-state index contributed by atoms with van der Waals surface area (Å²) in [6.45, 7) is 5.61. The third kappa shape index (κ3) is 5.35. The maximum absolute atomic E-state index is 13.9. The second kappa shape index (κ2) is 10.3. The van der Waals surface area contributed by atoms with E-state index >= 15 is 0 Å². The van der Waals surface area contributed by atoms with Gasteiger partial charge in [0.2, 0.25) is 5.91 Å². The molecule has 182 valence electrons. The number of fused-ring (bicyclic) bond motifs is 1. The van der Waals surface area contributed by atoms with Crippen molar-refractivity contribution in [1.29, 1.82) is 0 Å². The van der Waals surface area contributed by atoms with Crippen molar-refractivity contribution in [3.8, 4) is 21.9 Å². The third-order valence-electron chi connectivity index (χ3n) is 5.58. The Morgan fingerprint density at radius 2 is 1.83 bits per heavy atom. The van der Waals surface area contributed by atoms with Gasteiger partial charge < -0.3 is 20.1 Å². The summed E-state index contributed by atoms with van der Waals surface area (Å²) in [6.07, 6.45) is 0. The number of benzene rings is 2. The Kier molecular flexibility index (Phi) is 7.16. The highest BCUT2D eigenvalue weighted by Gasteiger charge is 2.17. The van der Waals surface area contributed by atoms with Crippen LogP contribution >= 0.6 is 11.3 Å². The molecule has 0 bridgehead atoms. The third-order valence-corrected chi connectivity index (χ3v) is 6.88. The molecule has 1 amide bonds. The number of halogens is 1. The topological polar surface area (TPSA) is 85.4 Å². The Balaban J connectivity index is 1.64. The van der Waals surface area contributed by atoms with Crippen LogP contribution in [0.15, 0.2) is 42.5 Å². The fourth-order valence-electron chi connectivity index (χ4n) is 3.86. The molecule has 9 heteroatoms. The van der Waals surface area contributed by atoms with Crippen LogP contribution in [0.2, 0.25) is 0 Å². The number of aromatic nitrogens is 2. The van der Waals surface area contributed by atoms with Gasteiger partial charge in [-0.2, -0.15) is 0 Å². The summed E-state index contributed by atoms with van der Waals surface area (Å²) in [5, 5.41) is 7.09. The number of rotatable bonds is 8. The van der Waals surface area contributed by atoms with Gasteiger partial charge >= 0.3 is 0 Å². The van der Waals surface area contributed by atoms with Gasteiger partial charge in [0.25, 0.3) is 0 Å². The lowest BCUT2D eigenvalue weighted by molar-refractivity contribution is -0.119. The zero-order valence-corrected chi connectivity index (χ0v) is 21.0. The first kappa shape index (κ1) is 24.4. The van der Waals surface area contributed by atoms with Crippen LogP contribution in [0.1, 0.15) is 36.2 Å². The molecule has 2 N–H and O–H groups in total. The predicted molar refractivity (Wildman–Crippen MR) is 137 cm³/mol. The van der Waals surface area contributed by atoms with Crippen molar-refractivity contribution in [3.05, 3.63) is 64.5 Å². The lowest BCUT2D eigenvalue weighted by Gasteiger charge is -2.17. The number of nitrogens with one attached hydrogen (secondary N) is 2. The zero-order valence-electron chi connectivity index (χ0n) is 20.2. The number of ether oxygens (including phenoxy) is 2. The maximum atomic E-state index is 13.9. The molecule has 4 rings (SSSR count). The lowest BCUT2D eigenvalue weighted by Crippen LogP contribution is -2.19. The van der Waals surface area contributed by atoms with Crippen molar-refractivity contribution < 1.29 is 18.7 Å². The van der Waals surface area contributed by atoms with Crippen LogP contribution in [0.3, 0.4) is 0 Å². The molecule has 2 heterocycles. The van der Waals surface area contributed by atoms with Crippen LogP contribution in [0.4, 0.5) is 10.2 Å². The summed E-state index contributed by atoms with van der Waals surface area (Å²) in [6, 6.07) is 12.4. The number of carbonyl (C=O) groups excluding carboxylic acids is 1. The fourth-order valence-corrected chi connectivity index (χ4v) is 4.93. The minimum atomic E-state index is -0.334. The van der Waals surface area contributed by atoms with E-state index in [4.69, 9.17) is 9.47 Å². The summed E-state index contributed by atoms with van der Waals surface area (Å²) in [5.41, 5.74) is 2.38. The smallest absolute Gasteiger partial charge is 0.217 e. The summed E-state index contributed by atoms with van der Waals surface area (Å²) >= 11 is 1.61. The van der Waals surface area contributed by atoms with Gasteiger partial charge in [0.1, 0.15) is 17.5 Å². The number of carbonyl (C=O) groups is 1. The van der Waals surface area contributed by atoms with E-state index in [1.165, 1.54) is 19.1 Å². The predicted octanol–water partition coefficient (Wildman–Crippen LogP) is 5.63. The molecule has 1 unspecified atom stereocenters.